The Balaban J connectivity index is 1.84. The highest BCUT2D eigenvalue weighted by Gasteiger charge is 2.21. The van der Waals surface area contributed by atoms with Crippen LogP contribution in [0.4, 0.5) is 0 Å². The van der Waals surface area contributed by atoms with E-state index in [2.05, 4.69) is 12.1 Å². The molecule has 0 aliphatic carbocycles. The van der Waals surface area contributed by atoms with Crippen LogP contribution in [0, 0.1) is 13.8 Å². The predicted molar refractivity (Wildman–Crippen MR) is 106 cm³/mol. The van der Waals surface area contributed by atoms with Crippen LogP contribution in [-0.2, 0) is 21.4 Å². The minimum absolute atomic E-state index is 0.0203. The average molecular weight is 395 g/mol. The lowest BCUT2D eigenvalue weighted by Crippen LogP contribution is -2.30. The second-order valence-corrected chi connectivity index (χ2v) is 9.76. The summed E-state index contributed by atoms with van der Waals surface area (Å²) in [4.78, 5) is 14.0. The quantitative estimate of drug-likeness (QED) is 0.689. The van der Waals surface area contributed by atoms with Crippen LogP contribution in [0.1, 0.15) is 29.5 Å². The summed E-state index contributed by atoms with van der Waals surface area (Å²) >= 11 is 1.20. The molecule has 1 aromatic carbocycles. The van der Waals surface area contributed by atoms with Crippen molar-refractivity contribution in [1.82, 2.24) is 9.21 Å². The van der Waals surface area contributed by atoms with Crippen molar-refractivity contribution in [3.8, 4) is 0 Å². The van der Waals surface area contributed by atoms with Crippen LogP contribution >= 0.6 is 11.3 Å². The normalized spacial score (nSPS) is 11.7. The minimum Gasteiger partial charge on any atom is -0.341 e. The van der Waals surface area contributed by atoms with Crippen molar-refractivity contribution in [1.29, 1.82) is 0 Å². The Morgan fingerprint density at radius 1 is 1.15 bits per heavy atom. The van der Waals surface area contributed by atoms with Gasteiger partial charge in [0.25, 0.3) is 10.0 Å². The van der Waals surface area contributed by atoms with Gasteiger partial charge in [-0.1, -0.05) is 29.8 Å². The SMILES string of the molecule is Cc1ccc(CN(C)C(=O)CCCN(C)S(=O)(=O)c2cccs2)c(C)c1. The van der Waals surface area contributed by atoms with Crippen LogP contribution in [0.15, 0.2) is 39.9 Å². The molecule has 0 saturated heterocycles. The van der Waals surface area contributed by atoms with E-state index in [1.165, 1.54) is 26.8 Å². The number of rotatable bonds is 8. The van der Waals surface area contributed by atoms with Gasteiger partial charge in [0.1, 0.15) is 4.21 Å². The van der Waals surface area contributed by atoms with E-state index >= 15 is 0 Å². The van der Waals surface area contributed by atoms with Gasteiger partial charge in [-0.15, -0.1) is 11.3 Å². The molecule has 0 fully saturated rings. The van der Waals surface area contributed by atoms with Crippen molar-refractivity contribution in [2.75, 3.05) is 20.6 Å². The molecule has 0 radical (unpaired) electrons. The van der Waals surface area contributed by atoms with Gasteiger partial charge in [-0.25, -0.2) is 12.7 Å². The lowest BCUT2D eigenvalue weighted by molar-refractivity contribution is -0.130. The summed E-state index contributed by atoms with van der Waals surface area (Å²) in [5.74, 6) is 0.0203. The van der Waals surface area contributed by atoms with E-state index in [1.807, 2.05) is 19.9 Å². The van der Waals surface area contributed by atoms with E-state index in [0.717, 1.165) is 5.56 Å². The smallest absolute Gasteiger partial charge is 0.252 e. The van der Waals surface area contributed by atoms with Crippen LogP contribution < -0.4 is 0 Å². The zero-order valence-corrected chi connectivity index (χ0v) is 17.4. The molecule has 0 aliphatic heterocycles. The van der Waals surface area contributed by atoms with E-state index in [4.69, 9.17) is 0 Å². The predicted octanol–water partition coefficient (Wildman–Crippen LogP) is 3.42. The number of aryl methyl sites for hydroxylation is 2. The van der Waals surface area contributed by atoms with Crippen molar-refractivity contribution in [2.24, 2.45) is 0 Å². The van der Waals surface area contributed by atoms with Crippen molar-refractivity contribution in [3.63, 3.8) is 0 Å². The summed E-state index contributed by atoms with van der Waals surface area (Å²) in [5, 5.41) is 1.74. The highest BCUT2D eigenvalue weighted by Crippen LogP contribution is 2.20. The first kappa shape index (κ1) is 20.6. The molecule has 0 saturated carbocycles. The van der Waals surface area contributed by atoms with Gasteiger partial charge in [-0.3, -0.25) is 4.79 Å². The molecular formula is C19H26N2O3S2. The fourth-order valence-electron chi connectivity index (χ4n) is 2.69. The molecule has 1 aromatic heterocycles. The van der Waals surface area contributed by atoms with Crippen molar-refractivity contribution in [3.05, 3.63) is 52.4 Å². The third-order valence-electron chi connectivity index (χ3n) is 4.35. The van der Waals surface area contributed by atoms with Gasteiger partial charge in [0.15, 0.2) is 0 Å². The Kier molecular flexibility index (Phi) is 6.97. The van der Waals surface area contributed by atoms with Crippen LogP contribution in [0.5, 0.6) is 0 Å². The van der Waals surface area contributed by atoms with E-state index in [1.54, 1.807) is 36.5 Å². The second-order valence-electron chi connectivity index (χ2n) is 6.54. The lowest BCUT2D eigenvalue weighted by Gasteiger charge is -2.20. The molecule has 0 aliphatic rings. The molecule has 2 rings (SSSR count). The Labute approximate surface area is 160 Å². The van der Waals surface area contributed by atoms with E-state index < -0.39 is 10.0 Å². The molecule has 0 bridgehead atoms. The maximum Gasteiger partial charge on any atom is 0.252 e. The number of amides is 1. The number of benzene rings is 1. The van der Waals surface area contributed by atoms with Crippen LogP contribution in [0.2, 0.25) is 0 Å². The fourth-order valence-corrected chi connectivity index (χ4v) is 5.11. The first-order valence-corrected chi connectivity index (χ1v) is 10.8. The van der Waals surface area contributed by atoms with Gasteiger partial charge >= 0.3 is 0 Å². The number of sulfonamides is 1. The molecule has 1 amide bonds. The van der Waals surface area contributed by atoms with Gasteiger partial charge in [0, 0.05) is 33.6 Å². The van der Waals surface area contributed by atoms with Crippen LogP contribution in [-0.4, -0.2) is 44.2 Å². The summed E-state index contributed by atoms with van der Waals surface area (Å²) in [6.45, 7) is 4.98. The Hall–Kier alpha value is -1.70. The Morgan fingerprint density at radius 3 is 2.50 bits per heavy atom. The van der Waals surface area contributed by atoms with Crippen molar-refractivity contribution in [2.45, 2.75) is 37.4 Å². The van der Waals surface area contributed by atoms with Crippen LogP contribution in [0.3, 0.4) is 0 Å². The van der Waals surface area contributed by atoms with E-state index in [-0.39, 0.29) is 5.91 Å². The number of hydrogen-bond acceptors (Lipinski definition) is 4. The molecule has 1 heterocycles. The molecule has 142 valence electrons. The fraction of sp³-hybridized carbons (Fsp3) is 0.421. The highest BCUT2D eigenvalue weighted by molar-refractivity contribution is 7.91. The number of hydrogen-bond donors (Lipinski definition) is 0. The monoisotopic (exact) mass is 394 g/mol. The molecule has 2 aromatic rings. The van der Waals surface area contributed by atoms with E-state index in [0.29, 0.717) is 30.1 Å². The summed E-state index contributed by atoms with van der Waals surface area (Å²) < 4.78 is 26.3. The second kappa shape index (κ2) is 8.79. The third kappa shape index (κ3) is 5.16. The third-order valence-corrected chi connectivity index (χ3v) is 7.58. The van der Waals surface area contributed by atoms with E-state index in [9.17, 15) is 13.2 Å². The van der Waals surface area contributed by atoms with Gasteiger partial charge in [-0.2, -0.15) is 0 Å². The van der Waals surface area contributed by atoms with Gasteiger partial charge in [-0.05, 0) is 42.8 Å². The first-order chi connectivity index (χ1) is 12.2. The number of carbonyl (C=O) groups excluding carboxylic acids is 1. The summed E-state index contributed by atoms with van der Waals surface area (Å²) in [7, 11) is -0.105. The number of carbonyl (C=O) groups is 1. The van der Waals surface area contributed by atoms with Gasteiger partial charge in [0.2, 0.25) is 5.91 Å². The van der Waals surface area contributed by atoms with Crippen molar-refractivity contribution < 1.29 is 13.2 Å². The Bertz CT molecular complexity index is 846. The molecule has 7 heteroatoms. The maximum atomic E-state index is 12.3. The zero-order valence-electron chi connectivity index (χ0n) is 15.7. The minimum atomic E-state index is -3.45. The molecule has 5 nitrogen and oxygen atoms in total. The number of thiophene rings is 1. The summed E-state index contributed by atoms with van der Waals surface area (Å²) in [6.07, 6.45) is 0.822. The molecule has 26 heavy (non-hydrogen) atoms. The lowest BCUT2D eigenvalue weighted by atomic mass is 10.1. The topological polar surface area (TPSA) is 57.7 Å². The zero-order chi connectivity index (χ0) is 19.3. The number of nitrogens with zero attached hydrogens (tertiary/aromatic N) is 2. The van der Waals surface area contributed by atoms with Gasteiger partial charge in [0.05, 0.1) is 0 Å². The molecule has 0 spiro atoms. The van der Waals surface area contributed by atoms with Gasteiger partial charge < -0.3 is 4.90 Å². The first-order valence-electron chi connectivity index (χ1n) is 8.51. The Morgan fingerprint density at radius 2 is 1.88 bits per heavy atom. The molecule has 0 unspecified atom stereocenters. The van der Waals surface area contributed by atoms with Crippen LogP contribution in [0.25, 0.3) is 0 Å². The average Bonchev–Trinajstić information content (AvgIpc) is 3.12. The summed E-state index contributed by atoms with van der Waals surface area (Å²) in [6, 6.07) is 9.52. The van der Waals surface area contributed by atoms with Crippen molar-refractivity contribution >= 4 is 27.3 Å². The molecular weight excluding hydrogens is 368 g/mol. The maximum absolute atomic E-state index is 12.3. The summed E-state index contributed by atoms with van der Waals surface area (Å²) in [5.41, 5.74) is 3.51. The standard InChI is InChI=1S/C19H26N2O3S2/c1-15-9-10-17(16(2)13-15)14-20(3)18(22)7-5-11-21(4)26(23,24)19-8-6-12-25-19/h6,8-10,12-13H,5,7,11,14H2,1-4H3. The molecule has 0 atom stereocenters. The largest absolute Gasteiger partial charge is 0.341 e. The molecule has 0 N–H and O–H groups in total. The highest BCUT2D eigenvalue weighted by atomic mass is 32.2.